The van der Waals surface area contributed by atoms with Crippen molar-refractivity contribution in [2.24, 2.45) is 17.3 Å². The van der Waals surface area contributed by atoms with Crippen LogP contribution in [0.1, 0.15) is 82.5 Å². The molecule has 0 spiro atoms. The number of fused-ring (bicyclic) bond motifs is 1. The Labute approximate surface area is 389 Å². The molecule has 4 atom stereocenters. The first kappa shape index (κ1) is 48.0. The third-order valence-corrected chi connectivity index (χ3v) is 14.0. The molecule has 2 aromatic heterocycles. The van der Waals surface area contributed by atoms with Crippen molar-refractivity contribution in [3.05, 3.63) is 106 Å². The normalized spacial score (nSPS) is 19.8. The number of aromatic nitrogens is 2. The first-order chi connectivity index (χ1) is 31.2. The molecular weight excluding hydrogens is 867 g/mol. The quantitative estimate of drug-likeness (QED) is 0.0671. The number of nitrogens with one attached hydrogen (secondary N) is 3. The van der Waals surface area contributed by atoms with Crippen LogP contribution < -0.4 is 20.7 Å². The molecule has 0 radical (unpaired) electrons. The van der Waals surface area contributed by atoms with Gasteiger partial charge in [-0.15, -0.1) is 11.3 Å². The lowest BCUT2D eigenvalue weighted by atomic mass is 9.73. The zero-order valence-corrected chi connectivity index (χ0v) is 39.3. The Bertz CT molecular complexity index is 2440. The minimum Gasteiger partial charge on any atom is -0.490 e. The van der Waals surface area contributed by atoms with Crippen LogP contribution in [0, 0.1) is 30.0 Å². The number of amides is 3. The fourth-order valence-corrected chi connectivity index (χ4v) is 10.1. The molecule has 2 fully saturated rings. The van der Waals surface area contributed by atoms with E-state index in [2.05, 4.69) is 25.9 Å². The second-order valence-electron chi connectivity index (χ2n) is 18.4. The fraction of sp³-hybridized carbons (Fsp3) is 0.460. The van der Waals surface area contributed by atoms with Crippen LogP contribution in [0.5, 0.6) is 5.75 Å². The fourth-order valence-electron chi connectivity index (χ4n) is 9.07. The molecule has 65 heavy (non-hydrogen) atoms. The van der Waals surface area contributed by atoms with Crippen molar-refractivity contribution in [3.63, 3.8) is 0 Å². The van der Waals surface area contributed by atoms with Gasteiger partial charge in [0.1, 0.15) is 24.2 Å². The van der Waals surface area contributed by atoms with Crippen LogP contribution in [0.15, 0.2) is 78.4 Å². The van der Waals surface area contributed by atoms with Crippen LogP contribution in [0.3, 0.4) is 0 Å². The molecule has 0 unspecified atom stereocenters. The minimum atomic E-state index is -0.805. The summed E-state index contributed by atoms with van der Waals surface area (Å²) >= 11 is 8.05. The van der Waals surface area contributed by atoms with Crippen molar-refractivity contribution in [2.45, 2.75) is 97.4 Å². The monoisotopic (exact) mass is 926 g/mol. The van der Waals surface area contributed by atoms with Gasteiger partial charge < -0.3 is 35.4 Å². The Morgan fingerprint density at radius 3 is 2.48 bits per heavy atom. The van der Waals surface area contributed by atoms with Crippen molar-refractivity contribution >= 4 is 57.2 Å². The summed E-state index contributed by atoms with van der Waals surface area (Å²) in [6.45, 7) is 11.3. The van der Waals surface area contributed by atoms with Gasteiger partial charge in [-0.3, -0.25) is 19.4 Å². The van der Waals surface area contributed by atoms with Crippen molar-refractivity contribution in [3.8, 4) is 16.2 Å². The van der Waals surface area contributed by atoms with Crippen LogP contribution in [0.4, 0.5) is 10.1 Å². The maximum atomic E-state index is 14.1. The van der Waals surface area contributed by atoms with Crippen molar-refractivity contribution in [2.75, 3.05) is 38.2 Å². The Balaban J connectivity index is 0.831. The first-order valence-corrected chi connectivity index (χ1v) is 23.8. The van der Waals surface area contributed by atoms with E-state index in [-0.39, 0.29) is 61.6 Å². The Hall–Kier alpha value is -4.99. The molecule has 1 aliphatic carbocycles. The summed E-state index contributed by atoms with van der Waals surface area (Å²) in [7, 11) is 0. The number of ether oxygens (including phenoxy) is 2. The van der Waals surface area contributed by atoms with Crippen molar-refractivity contribution in [1.82, 2.24) is 25.5 Å². The van der Waals surface area contributed by atoms with Gasteiger partial charge in [0.15, 0.2) is 0 Å². The molecule has 7 rings (SSSR count). The largest absolute Gasteiger partial charge is 0.490 e. The Morgan fingerprint density at radius 2 is 1.75 bits per heavy atom. The molecule has 3 heterocycles. The van der Waals surface area contributed by atoms with Crippen LogP contribution in [-0.4, -0.2) is 88.8 Å². The molecule has 15 heteroatoms. The average Bonchev–Trinajstić information content (AvgIpc) is 3.91. The number of anilines is 1. The van der Waals surface area contributed by atoms with E-state index in [0.717, 1.165) is 63.8 Å². The van der Waals surface area contributed by atoms with E-state index in [4.69, 9.17) is 21.1 Å². The highest BCUT2D eigenvalue weighted by molar-refractivity contribution is 7.13. The molecule has 2 aliphatic rings. The summed E-state index contributed by atoms with van der Waals surface area (Å²) in [4.78, 5) is 52.3. The number of aliphatic hydroxyl groups is 1. The summed E-state index contributed by atoms with van der Waals surface area (Å²) in [6, 6.07) is 18.4. The van der Waals surface area contributed by atoms with Gasteiger partial charge in [0, 0.05) is 55.3 Å². The van der Waals surface area contributed by atoms with Crippen LogP contribution >= 0.6 is 22.9 Å². The standard InChI is InChI=1S/C50H60ClFN6O6S/c1-30(33-10-12-34(13-11-33)39-18-19-53-42-17-14-36(52)24-40(39)42)47(60)57-37-15-16-41(51)44(25-37)64-23-22-63-21-20-54-46(50(3,4)5)49(62)58-28-38(59)26-43(58)48(61)55-27-32-6-8-35(9-7-32)45-31(2)56-29-65-45/h6-9,14-19,24-25,29-30,33-34,38,43,46,54,59H,10-13,20-23,26-28H2,1-5H3,(H,55,61)(H,57,60)/t30-,33?,34?,38-,43+,46-/m1/s1. The molecule has 0 bridgehead atoms. The smallest absolute Gasteiger partial charge is 0.243 e. The molecule has 12 nitrogen and oxygen atoms in total. The number of nitrogens with zero attached hydrogens (tertiary/aromatic N) is 3. The van der Waals surface area contributed by atoms with E-state index < -0.39 is 23.6 Å². The van der Waals surface area contributed by atoms with Gasteiger partial charge in [0.05, 0.1) is 52.0 Å². The van der Waals surface area contributed by atoms with Crippen molar-refractivity contribution < 1.29 is 33.4 Å². The zero-order chi connectivity index (χ0) is 46.3. The number of benzene rings is 3. The highest BCUT2D eigenvalue weighted by atomic mass is 35.5. The van der Waals surface area contributed by atoms with E-state index in [1.807, 2.05) is 70.5 Å². The third kappa shape index (κ3) is 12.1. The second-order valence-corrected chi connectivity index (χ2v) is 19.6. The number of likely N-dealkylation sites (tertiary alicyclic amines) is 1. The lowest BCUT2D eigenvalue weighted by Crippen LogP contribution is -2.57. The van der Waals surface area contributed by atoms with Gasteiger partial charge in [-0.1, -0.05) is 63.6 Å². The molecule has 346 valence electrons. The number of pyridine rings is 1. The van der Waals surface area contributed by atoms with Gasteiger partial charge in [-0.25, -0.2) is 9.37 Å². The van der Waals surface area contributed by atoms with E-state index in [1.165, 1.54) is 11.0 Å². The summed E-state index contributed by atoms with van der Waals surface area (Å²) < 4.78 is 25.9. The number of aliphatic hydroxyl groups excluding tert-OH is 1. The number of halogens is 2. The lowest BCUT2D eigenvalue weighted by Gasteiger charge is -2.35. The number of aryl methyl sites for hydroxylation is 1. The van der Waals surface area contributed by atoms with E-state index in [9.17, 15) is 23.9 Å². The number of carbonyl (C=O) groups is 3. The molecule has 1 saturated heterocycles. The SMILES string of the molecule is Cc1ncsc1-c1ccc(CNC(=O)[C@@H]2C[C@@H](O)CN2C(=O)[C@@H](NCCOCCOc2cc(NC(=O)[C@H](C)C3CCC(c4ccnc5ccc(F)cc45)CC3)ccc2Cl)C(C)(C)C)cc1. The molecule has 1 saturated carbocycles. The van der Waals surface area contributed by atoms with Gasteiger partial charge in [-0.2, -0.15) is 0 Å². The van der Waals surface area contributed by atoms with E-state index in [1.54, 1.807) is 47.9 Å². The number of thiazole rings is 1. The summed E-state index contributed by atoms with van der Waals surface area (Å²) in [6.07, 6.45) is 4.77. The second kappa shape index (κ2) is 21.5. The molecule has 1 aliphatic heterocycles. The predicted octanol–water partition coefficient (Wildman–Crippen LogP) is 8.69. The van der Waals surface area contributed by atoms with Gasteiger partial charge in [0.2, 0.25) is 17.7 Å². The lowest BCUT2D eigenvalue weighted by molar-refractivity contribution is -0.142. The van der Waals surface area contributed by atoms with Gasteiger partial charge in [0.25, 0.3) is 0 Å². The molecule has 3 aromatic carbocycles. The predicted molar refractivity (Wildman–Crippen MR) is 253 cm³/mol. The third-order valence-electron chi connectivity index (χ3n) is 12.8. The average molecular weight is 928 g/mol. The zero-order valence-electron chi connectivity index (χ0n) is 37.7. The summed E-state index contributed by atoms with van der Waals surface area (Å²) in [5.74, 6) is -0.164. The number of hydrogen-bond acceptors (Lipinski definition) is 10. The molecule has 5 aromatic rings. The maximum Gasteiger partial charge on any atom is 0.243 e. The van der Waals surface area contributed by atoms with E-state index in [0.29, 0.717) is 42.1 Å². The Kier molecular flexibility index (Phi) is 15.9. The number of rotatable bonds is 17. The number of carbonyl (C=O) groups excluding carboxylic acids is 3. The highest BCUT2D eigenvalue weighted by Gasteiger charge is 2.43. The van der Waals surface area contributed by atoms with Crippen molar-refractivity contribution in [1.29, 1.82) is 0 Å². The van der Waals surface area contributed by atoms with E-state index >= 15 is 0 Å². The van der Waals surface area contributed by atoms with Crippen LogP contribution in [0.25, 0.3) is 21.3 Å². The maximum absolute atomic E-state index is 14.1. The van der Waals surface area contributed by atoms with Gasteiger partial charge in [-0.05, 0) is 103 Å². The molecule has 4 N–H and O–H groups in total. The topological polar surface area (TPSA) is 155 Å². The molecule has 3 amide bonds. The summed E-state index contributed by atoms with van der Waals surface area (Å²) in [5, 5.41) is 21.2. The summed E-state index contributed by atoms with van der Waals surface area (Å²) in [5.41, 5.74) is 6.79. The molecular formula is C50H60ClFN6O6S. The highest BCUT2D eigenvalue weighted by Crippen LogP contribution is 2.41. The number of hydrogen-bond donors (Lipinski definition) is 4. The Morgan fingerprint density at radius 1 is 0.985 bits per heavy atom. The number of β-amino-alcohol motifs (C(OH)–C–C–N with tert-alkyl or cyclic N) is 1. The van der Waals surface area contributed by atoms with Crippen LogP contribution in [-0.2, 0) is 25.7 Å². The minimum absolute atomic E-state index is 0.0685. The van der Waals surface area contributed by atoms with Crippen LogP contribution in [0.2, 0.25) is 5.02 Å². The van der Waals surface area contributed by atoms with Gasteiger partial charge >= 0.3 is 0 Å². The first-order valence-electron chi connectivity index (χ1n) is 22.5.